The first kappa shape index (κ1) is 16.9. The highest BCUT2D eigenvalue weighted by molar-refractivity contribution is 8.11. The molecule has 126 valence electrons. The van der Waals surface area contributed by atoms with Crippen molar-refractivity contribution in [2.75, 3.05) is 13.2 Å². The molecule has 0 radical (unpaired) electrons. The SMILES string of the molecule is O=C(OCC1CCCN1Cc1ccccc1)SN1C=CC=CC=C1. The van der Waals surface area contributed by atoms with E-state index in [0.29, 0.717) is 12.6 Å². The molecule has 1 aromatic rings. The second-order valence-electron chi connectivity index (χ2n) is 5.83. The maximum Gasteiger partial charge on any atom is 0.388 e. The fourth-order valence-corrected chi connectivity index (χ4v) is 3.45. The van der Waals surface area contributed by atoms with Gasteiger partial charge in [-0.15, -0.1) is 0 Å². The average molecular weight is 342 g/mol. The van der Waals surface area contributed by atoms with Gasteiger partial charge in [-0.05, 0) is 37.1 Å². The molecule has 0 spiro atoms. The third-order valence-corrected chi connectivity index (χ3v) is 4.82. The molecule has 0 amide bonds. The summed E-state index contributed by atoms with van der Waals surface area (Å²) in [5, 5.41) is -0.266. The van der Waals surface area contributed by atoms with E-state index in [2.05, 4.69) is 29.2 Å². The first-order valence-electron chi connectivity index (χ1n) is 8.24. The van der Waals surface area contributed by atoms with E-state index < -0.39 is 0 Å². The maximum absolute atomic E-state index is 12.0. The lowest BCUT2D eigenvalue weighted by molar-refractivity contribution is 0.123. The molecule has 2 aliphatic rings. The summed E-state index contributed by atoms with van der Waals surface area (Å²) in [4.78, 5) is 14.4. The summed E-state index contributed by atoms with van der Waals surface area (Å²) in [7, 11) is 0. The van der Waals surface area contributed by atoms with E-state index >= 15 is 0 Å². The molecule has 2 aliphatic heterocycles. The van der Waals surface area contributed by atoms with E-state index in [-0.39, 0.29) is 5.30 Å². The number of hydrogen-bond acceptors (Lipinski definition) is 5. The summed E-state index contributed by atoms with van der Waals surface area (Å²) in [6, 6.07) is 10.8. The van der Waals surface area contributed by atoms with Crippen molar-refractivity contribution in [1.82, 2.24) is 9.21 Å². The van der Waals surface area contributed by atoms with E-state index in [4.69, 9.17) is 4.74 Å². The number of ether oxygens (including phenoxy) is 1. The fourth-order valence-electron chi connectivity index (χ4n) is 2.89. The zero-order valence-corrected chi connectivity index (χ0v) is 14.4. The maximum atomic E-state index is 12.0. The van der Waals surface area contributed by atoms with Crippen molar-refractivity contribution >= 4 is 17.2 Å². The lowest BCUT2D eigenvalue weighted by Gasteiger charge is -2.24. The molecule has 3 rings (SSSR count). The Morgan fingerprint density at radius 3 is 2.62 bits per heavy atom. The number of allylic oxidation sites excluding steroid dienone is 4. The highest BCUT2D eigenvalue weighted by atomic mass is 32.2. The molecule has 2 heterocycles. The molecular weight excluding hydrogens is 320 g/mol. The Labute approximate surface area is 147 Å². The van der Waals surface area contributed by atoms with Crippen molar-refractivity contribution in [2.24, 2.45) is 0 Å². The summed E-state index contributed by atoms with van der Waals surface area (Å²) >= 11 is 1.06. The fraction of sp³-hybridized carbons (Fsp3) is 0.316. The van der Waals surface area contributed by atoms with E-state index in [1.807, 2.05) is 42.8 Å². The van der Waals surface area contributed by atoms with Gasteiger partial charge in [0.15, 0.2) is 0 Å². The highest BCUT2D eigenvalue weighted by Gasteiger charge is 2.26. The van der Waals surface area contributed by atoms with Crippen molar-refractivity contribution in [2.45, 2.75) is 25.4 Å². The van der Waals surface area contributed by atoms with Gasteiger partial charge in [0.05, 0.1) is 11.9 Å². The molecule has 24 heavy (non-hydrogen) atoms. The predicted molar refractivity (Wildman–Crippen MR) is 98.1 cm³/mol. The summed E-state index contributed by atoms with van der Waals surface area (Å²) < 4.78 is 7.24. The van der Waals surface area contributed by atoms with Crippen LogP contribution in [-0.2, 0) is 11.3 Å². The van der Waals surface area contributed by atoms with Gasteiger partial charge in [-0.2, -0.15) is 0 Å². The van der Waals surface area contributed by atoms with Crippen molar-refractivity contribution in [3.8, 4) is 0 Å². The smallest absolute Gasteiger partial charge is 0.388 e. The second-order valence-corrected chi connectivity index (χ2v) is 6.77. The third kappa shape index (κ3) is 5.01. The van der Waals surface area contributed by atoms with E-state index in [0.717, 1.165) is 37.9 Å². The molecule has 0 N–H and O–H groups in total. The van der Waals surface area contributed by atoms with Gasteiger partial charge in [0, 0.05) is 25.0 Å². The molecule has 0 aliphatic carbocycles. The van der Waals surface area contributed by atoms with E-state index in [1.54, 1.807) is 4.31 Å². The summed E-state index contributed by atoms with van der Waals surface area (Å²) in [5.74, 6) is 0. The van der Waals surface area contributed by atoms with Crippen LogP contribution < -0.4 is 0 Å². The molecule has 0 saturated carbocycles. The number of benzene rings is 1. The van der Waals surface area contributed by atoms with Crippen molar-refractivity contribution in [3.05, 3.63) is 72.6 Å². The Morgan fingerprint density at radius 1 is 1.12 bits per heavy atom. The van der Waals surface area contributed by atoms with Crippen molar-refractivity contribution < 1.29 is 9.53 Å². The Morgan fingerprint density at radius 2 is 1.88 bits per heavy atom. The molecular formula is C19H22N2O2S. The van der Waals surface area contributed by atoms with Gasteiger partial charge in [-0.25, -0.2) is 4.79 Å². The third-order valence-electron chi connectivity index (χ3n) is 4.10. The number of nitrogens with zero attached hydrogens (tertiary/aromatic N) is 2. The van der Waals surface area contributed by atoms with Gasteiger partial charge in [0.2, 0.25) is 0 Å². The second kappa shape index (κ2) is 8.76. The quantitative estimate of drug-likeness (QED) is 0.587. The van der Waals surface area contributed by atoms with Crippen LogP contribution in [0.5, 0.6) is 0 Å². The zero-order valence-electron chi connectivity index (χ0n) is 13.6. The average Bonchev–Trinajstić information content (AvgIpc) is 2.87. The molecule has 0 aromatic heterocycles. The van der Waals surface area contributed by atoms with Crippen LogP contribution in [0.15, 0.2) is 67.0 Å². The number of rotatable bonds is 5. The summed E-state index contributed by atoms with van der Waals surface area (Å²) in [6.45, 7) is 2.44. The standard InChI is InChI=1S/C19H22N2O2S/c22-19(24-21-13-6-1-2-7-14-21)23-16-18-11-8-12-20(18)15-17-9-4-3-5-10-17/h1-7,9-10,13-14,18H,8,11-12,15-16H2. The number of hydrogen-bond donors (Lipinski definition) is 0. The van der Waals surface area contributed by atoms with Crippen LogP contribution >= 0.6 is 11.9 Å². The van der Waals surface area contributed by atoms with Gasteiger partial charge in [0.25, 0.3) is 0 Å². The predicted octanol–water partition coefficient (Wildman–Crippen LogP) is 4.34. The van der Waals surface area contributed by atoms with Crippen molar-refractivity contribution in [1.29, 1.82) is 0 Å². The van der Waals surface area contributed by atoms with Gasteiger partial charge in [0.1, 0.15) is 6.61 Å². The van der Waals surface area contributed by atoms with Crippen LogP contribution in [0.3, 0.4) is 0 Å². The summed E-state index contributed by atoms with van der Waals surface area (Å²) in [5.41, 5.74) is 1.30. The normalized spacial score (nSPS) is 20.3. The van der Waals surface area contributed by atoms with Gasteiger partial charge >= 0.3 is 5.30 Å². The highest BCUT2D eigenvalue weighted by Crippen LogP contribution is 2.22. The van der Waals surface area contributed by atoms with Crippen LogP contribution in [0.25, 0.3) is 0 Å². The lowest BCUT2D eigenvalue weighted by Crippen LogP contribution is -2.33. The van der Waals surface area contributed by atoms with Crippen molar-refractivity contribution in [3.63, 3.8) is 0 Å². The van der Waals surface area contributed by atoms with Gasteiger partial charge in [-0.1, -0.05) is 42.5 Å². The minimum Gasteiger partial charge on any atom is -0.455 e. The number of carbonyl (C=O) groups excluding carboxylic acids is 1. The van der Waals surface area contributed by atoms with Crippen LogP contribution in [0.1, 0.15) is 18.4 Å². The molecule has 1 atom stereocenters. The van der Waals surface area contributed by atoms with Gasteiger partial charge in [-0.3, -0.25) is 9.21 Å². The molecule has 1 unspecified atom stereocenters. The molecule has 1 aromatic carbocycles. The first-order valence-corrected chi connectivity index (χ1v) is 9.01. The van der Waals surface area contributed by atoms with E-state index in [1.165, 1.54) is 5.56 Å². The van der Waals surface area contributed by atoms with Crippen LogP contribution in [0, 0.1) is 0 Å². The number of likely N-dealkylation sites (tertiary alicyclic amines) is 1. The molecule has 4 nitrogen and oxygen atoms in total. The Hall–Kier alpha value is -1.98. The Bertz CT molecular complexity index is 612. The van der Waals surface area contributed by atoms with Gasteiger partial charge < -0.3 is 4.74 Å². The molecule has 5 heteroatoms. The van der Waals surface area contributed by atoms with E-state index in [9.17, 15) is 4.79 Å². The topological polar surface area (TPSA) is 32.8 Å². The van der Waals surface area contributed by atoms with Crippen LogP contribution in [-0.4, -0.2) is 33.7 Å². The molecule has 0 bridgehead atoms. The number of carbonyl (C=O) groups is 1. The lowest BCUT2D eigenvalue weighted by atomic mass is 10.2. The Kier molecular flexibility index (Phi) is 6.15. The zero-order chi connectivity index (χ0) is 16.6. The minimum atomic E-state index is -0.266. The monoisotopic (exact) mass is 342 g/mol. The first-order chi connectivity index (χ1) is 11.8. The van der Waals surface area contributed by atoms with Crippen LogP contribution in [0.4, 0.5) is 4.79 Å². The Balaban J connectivity index is 1.45. The largest absolute Gasteiger partial charge is 0.455 e. The van der Waals surface area contributed by atoms with Crippen LogP contribution in [0.2, 0.25) is 0 Å². The minimum absolute atomic E-state index is 0.266. The summed E-state index contributed by atoms with van der Waals surface area (Å²) in [6.07, 6.45) is 13.5. The molecule has 1 fully saturated rings. The molecule has 1 saturated heterocycles.